The number of piperazine rings is 1. The second kappa shape index (κ2) is 6.32. The van der Waals surface area contributed by atoms with Crippen molar-refractivity contribution in [2.75, 3.05) is 39.9 Å². The highest BCUT2D eigenvalue weighted by atomic mass is 15.3. The summed E-state index contributed by atoms with van der Waals surface area (Å²) >= 11 is 0. The van der Waals surface area contributed by atoms with Crippen molar-refractivity contribution in [1.29, 1.82) is 0 Å². The lowest BCUT2D eigenvalue weighted by Crippen LogP contribution is -2.47. The molecule has 0 aromatic heterocycles. The first kappa shape index (κ1) is 13.5. The second-order valence-electron chi connectivity index (χ2n) is 5.45. The fourth-order valence-corrected chi connectivity index (χ4v) is 2.51. The number of aryl methyl sites for hydroxylation is 2. The molecule has 0 spiro atoms. The Morgan fingerprint density at radius 2 is 1.94 bits per heavy atom. The van der Waals surface area contributed by atoms with Crippen LogP contribution in [0.5, 0.6) is 0 Å². The first-order valence-electron chi connectivity index (χ1n) is 6.83. The van der Waals surface area contributed by atoms with Gasteiger partial charge in [0.2, 0.25) is 0 Å². The third-order valence-corrected chi connectivity index (χ3v) is 3.60. The van der Waals surface area contributed by atoms with Gasteiger partial charge < -0.3 is 5.32 Å². The Bertz CT molecular complexity index is 383. The third-order valence-electron chi connectivity index (χ3n) is 3.60. The monoisotopic (exact) mass is 247 g/mol. The highest BCUT2D eigenvalue weighted by molar-refractivity contribution is 5.30. The summed E-state index contributed by atoms with van der Waals surface area (Å²) in [6.07, 6.45) is 0. The third kappa shape index (κ3) is 3.80. The SMILES string of the molecule is Cc1ccc(C)c(CN(C)CN2CCNCC2)c1. The van der Waals surface area contributed by atoms with Crippen LogP contribution in [0.1, 0.15) is 16.7 Å². The van der Waals surface area contributed by atoms with E-state index >= 15 is 0 Å². The zero-order valence-electron chi connectivity index (χ0n) is 11.9. The van der Waals surface area contributed by atoms with E-state index in [4.69, 9.17) is 0 Å². The quantitative estimate of drug-likeness (QED) is 0.872. The fraction of sp³-hybridized carbons (Fsp3) is 0.600. The molecule has 1 heterocycles. The predicted molar refractivity (Wildman–Crippen MR) is 76.7 cm³/mol. The molecule has 2 rings (SSSR count). The minimum atomic E-state index is 1.04. The molecule has 3 nitrogen and oxygen atoms in total. The Labute approximate surface area is 111 Å². The molecule has 1 aliphatic heterocycles. The maximum atomic E-state index is 3.39. The van der Waals surface area contributed by atoms with Crippen molar-refractivity contribution in [1.82, 2.24) is 15.1 Å². The molecule has 1 fully saturated rings. The van der Waals surface area contributed by atoms with Crippen LogP contribution in [0.3, 0.4) is 0 Å². The van der Waals surface area contributed by atoms with Gasteiger partial charge in [0.05, 0.1) is 6.67 Å². The lowest BCUT2D eigenvalue weighted by atomic mass is 10.1. The van der Waals surface area contributed by atoms with E-state index in [1.54, 1.807) is 0 Å². The van der Waals surface area contributed by atoms with Gasteiger partial charge in [0.15, 0.2) is 0 Å². The molecule has 3 heteroatoms. The van der Waals surface area contributed by atoms with Gasteiger partial charge >= 0.3 is 0 Å². The van der Waals surface area contributed by atoms with Crippen LogP contribution in [0.4, 0.5) is 0 Å². The van der Waals surface area contributed by atoms with Crippen molar-refractivity contribution in [3.8, 4) is 0 Å². The predicted octanol–water partition coefficient (Wildman–Crippen LogP) is 1.60. The molecule has 0 amide bonds. The lowest BCUT2D eigenvalue weighted by Gasteiger charge is -2.31. The van der Waals surface area contributed by atoms with Crippen LogP contribution in [0.2, 0.25) is 0 Å². The topological polar surface area (TPSA) is 18.5 Å². The summed E-state index contributed by atoms with van der Waals surface area (Å²) in [4.78, 5) is 4.93. The van der Waals surface area contributed by atoms with E-state index in [1.807, 2.05) is 0 Å². The molecule has 18 heavy (non-hydrogen) atoms. The summed E-state index contributed by atoms with van der Waals surface area (Å²) in [6, 6.07) is 6.72. The Morgan fingerprint density at radius 3 is 2.67 bits per heavy atom. The van der Waals surface area contributed by atoms with Gasteiger partial charge in [-0.3, -0.25) is 9.80 Å². The van der Waals surface area contributed by atoms with Crippen LogP contribution in [0.25, 0.3) is 0 Å². The molecule has 1 aromatic rings. The fourth-order valence-electron chi connectivity index (χ4n) is 2.51. The van der Waals surface area contributed by atoms with E-state index in [0.717, 1.165) is 39.4 Å². The number of hydrogen-bond acceptors (Lipinski definition) is 3. The normalized spacial score (nSPS) is 17.3. The van der Waals surface area contributed by atoms with Crippen LogP contribution in [0.15, 0.2) is 18.2 Å². The van der Waals surface area contributed by atoms with Crippen LogP contribution in [-0.2, 0) is 6.54 Å². The molecule has 0 unspecified atom stereocenters. The maximum Gasteiger partial charge on any atom is 0.0507 e. The van der Waals surface area contributed by atoms with Gasteiger partial charge in [-0.15, -0.1) is 0 Å². The largest absolute Gasteiger partial charge is 0.314 e. The highest BCUT2D eigenvalue weighted by Gasteiger charge is 2.12. The number of nitrogens with zero attached hydrogens (tertiary/aromatic N) is 2. The van der Waals surface area contributed by atoms with Crippen molar-refractivity contribution in [3.05, 3.63) is 34.9 Å². The lowest BCUT2D eigenvalue weighted by molar-refractivity contribution is 0.135. The summed E-state index contributed by atoms with van der Waals surface area (Å²) in [7, 11) is 2.21. The minimum Gasteiger partial charge on any atom is -0.314 e. The van der Waals surface area contributed by atoms with E-state index in [-0.39, 0.29) is 0 Å². The van der Waals surface area contributed by atoms with Gasteiger partial charge in [-0.1, -0.05) is 23.8 Å². The summed E-state index contributed by atoms with van der Waals surface area (Å²) in [5, 5.41) is 3.39. The van der Waals surface area contributed by atoms with E-state index in [1.165, 1.54) is 16.7 Å². The summed E-state index contributed by atoms with van der Waals surface area (Å²) in [6.45, 7) is 11.0. The average Bonchev–Trinajstić information content (AvgIpc) is 2.35. The van der Waals surface area contributed by atoms with Crippen LogP contribution >= 0.6 is 0 Å². The second-order valence-corrected chi connectivity index (χ2v) is 5.45. The van der Waals surface area contributed by atoms with Gasteiger partial charge in [-0.2, -0.15) is 0 Å². The molecule has 1 aliphatic rings. The van der Waals surface area contributed by atoms with Gasteiger partial charge in [-0.05, 0) is 32.0 Å². The van der Waals surface area contributed by atoms with Crippen molar-refractivity contribution in [2.24, 2.45) is 0 Å². The Kier molecular flexibility index (Phi) is 4.75. The average molecular weight is 247 g/mol. The van der Waals surface area contributed by atoms with Crippen LogP contribution < -0.4 is 5.32 Å². The van der Waals surface area contributed by atoms with Crippen molar-refractivity contribution >= 4 is 0 Å². The molecule has 1 N–H and O–H groups in total. The number of hydrogen-bond donors (Lipinski definition) is 1. The molecule has 0 saturated carbocycles. The van der Waals surface area contributed by atoms with Gasteiger partial charge in [-0.25, -0.2) is 0 Å². The molecule has 0 aliphatic carbocycles. The van der Waals surface area contributed by atoms with E-state index in [9.17, 15) is 0 Å². The Morgan fingerprint density at radius 1 is 1.22 bits per heavy atom. The van der Waals surface area contributed by atoms with Gasteiger partial charge in [0, 0.05) is 32.7 Å². The molecular weight excluding hydrogens is 222 g/mol. The van der Waals surface area contributed by atoms with Crippen molar-refractivity contribution in [3.63, 3.8) is 0 Å². The molecule has 0 bridgehead atoms. The van der Waals surface area contributed by atoms with E-state index < -0.39 is 0 Å². The smallest absolute Gasteiger partial charge is 0.0507 e. The summed E-state index contributed by atoms with van der Waals surface area (Å²) < 4.78 is 0. The molecule has 1 aromatic carbocycles. The van der Waals surface area contributed by atoms with Crippen molar-refractivity contribution in [2.45, 2.75) is 20.4 Å². The number of nitrogens with one attached hydrogen (secondary N) is 1. The highest BCUT2D eigenvalue weighted by Crippen LogP contribution is 2.12. The maximum absolute atomic E-state index is 3.39. The molecule has 0 radical (unpaired) electrons. The minimum absolute atomic E-state index is 1.04. The van der Waals surface area contributed by atoms with Gasteiger partial charge in [0.1, 0.15) is 0 Å². The molecular formula is C15H25N3. The zero-order chi connectivity index (χ0) is 13.0. The van der Waals surface area contributed by atoms with Crippen LogP contribution in [0, 0.1) is 13.8 Å². The number of rotatable bonds is 4. The summed E-state index contributed by atoms with van der Waals surface area (Å²) in [5.74, 6) is 0. The molecule has 0 atom stereocenters. The number of benzene rings is 1. The Balaban J connectivity index is 1.89. The van der Waals surface area contributed by atoms with Crippen molar-refractivity contribution < 1.29 is 0 Å². The Hall–Kier alpha value is -0.900. The zero-order valence-corrected chi connectivity index (χ0v) is 11.9. The standard InChI is InChI=1S/C15H25N3/c1-13-4-5-14(2)15(10-13)11-17(3)12-18-8-6-16-7-9-18/h4-5,10,16H,6-9,11-12H2,1-3H3. The molecule has 100 valence electrons. The first-order valence-corrected chi connectivity index (χ1v) is 6.83. The van der Waals surface area contributed by atoms with Gasteiger partial charge in [0.25, 0.3) is 0 Å². The molecule has 1 saturated heterocycles. The van der Waals surface area contributed by atoms with E-state index in [0.29, 0.717) is 0 Å². The van der Waals surface area contributed by atoms with Crippen LogP contribution in [-0.4, -0.2) is 49.7 Å². The summed E-state index contributed by atoms with van der Waals surface area (Å²) in [5.41, 5.74) is 4.20. The van der Waals surface area contributed by atoms with E-state index in [2.05, 4.69) is 54.2 Å². The first-order chi connectivity index (χ1) is 8.65.